The molecule has 2 aliphatic carbocycles. The summed E-state index contributed by atoms with van der Waals surface area (Å²) in [6, 6.07) is 15.6. The Kier molecular flexibility index (Phi) is 14.0. The van der Waals surface area contributed by atoms with Crippen LogP contribution in [0.2, 0.25) is 0 Å². The van der Waals surface area contributed by atoms with Crippen molar-refractivity contribution in [3.63, 3.8) is 0 Å². The second kappa shape index (κ2) is 21.0. The highest BCUT2D eigenvalue weighted by Gasteiger charge is 2.35. The highest BCUT2D eigenvalue weighted by molar-refractivity contribution is 5.96. The van der Waals surface area contributed by atoms with Crippen molar-refractivity contribution >= 4 is 23.5 Å². The predicted octanol–water partition coefficient (Wildman–Crippen LogP) is 6.77. The van der Waals surface area contributed by atoms with Crippen LogP contribution in [-0.2, 0) is 12.8 Å². The summed E-state index contributed by atoms with van der Waals surface area (Å²) < 4.78 is 31.7. The molecule has 0 radical (unpaired) electrons. The zero-order valence-corrected chi connectivity index (χ0v) is 40.5. The molecule has 4 N–H and O–H groups in total. The number of rotatable bonds is 9. The second-order valence-electron chi connectivity index (χ2n) is 18.9. The molecule has 2 saturated carbocycles. The van der Waals surface area contributed by atoms with Crippen LogP contribution in [0.5, 0.6) is 0 Å². The van der Waals surface area contributed by atoms with E-state index in [1.54, 1.807) is 52.5 Å². The summed E-state index contributed by atoms with van der Waals surface area (Å²) in [7, 11) is 0. The van der Waals surface area contributed by atoms with E-state index in [9.17, 15) is 9.59 Å². The van der Waals surface area contributed by atoms with E-state index in [1.165, 1.54) is 43.7 Å². The topological polar surface area (TPSA) is 176 Å². The summed E-state index contributed by atoms with van der Waals surface area (Å²) in [5.41, 5.74) is 19.2. The monoisotopic (exact) mass is 966 g/mol. The third kappa shape index (κ3) is 10.2. The van der Waals surface area contributed by atoms with Gasteiger partial charge in [-0.25, -0.2) is 38.7 Å². The number of aromatic nitrogens is 6. The maximum atomic E-state index is 15.9. The lowest BCUT2D eigenvalue weighted by atomic mass is 9.96. The Hall–Kier alpha value is -7.66. The van der Waals surface area contributed by atoms with E-state index in [0.29, 0.717) is 115 Å². The minimum Gasteiger partial charge on any atom is -0.384 e. The van der Waals surface area contributed by atoms with Gasteiger partial charge in [0.2, 0.25) is 0 Å². The molecule has 6 heterocycles. The number of hydrogen-bond donors (Lipinski definition) is 2. The second-order valence-corrected chi connectivity index (χ2v) is 18.9. The number of nitrogens with two attached hydrogens (primary N) is 2. The van der Waals surface area contributed by atoms with Crippen molar-refractivity contribution in [2.45, 2.75) is 76.8 Å². The Morgan fingerprint density at radius 3 is 1.60 bits per heavy atom. The van der Waals surface area contributed by atoms with Crippen molar-refractivity contribution in [2.24, 2.45) is 0 Å². The van der Waals surface area contributed by atoms with Crippen LogP contribution in [0.25, 0.3) is 22.5 Å². The van der Waals surface area contributed by atoms with Gasteiger partial charge in [-0.2, -0.15) is 0 Å². The molecule has 366 valence electrons. The van der Waals surface area contributed by atoms with Crippen LogP contribution in [-0.4, -0.2) is 126 Å². The van der Waals surface area contributed by atoms with Crippen LogP contribution < -0.4 is 11.5 Å². The van der Waals surface area contributed by atoms with E-state index in [1.807, 2.05) is 19.9 Å². The van der Waals surface area contributed by atoms with Crippen molar-refractivity contribution in [3.05, 3.63) is 142 Å². The lowest BCUT2D eigenvalue weighted by molar-refractivity contribution is 0.0567. The van der Waals surface area contributed by atoms with Gasteiger partial charge in [-0.15, -0.1) is 0 Å². The van der Waals surface area contributed by atoms with Crippen LogP contribution in [0.4, 0.5) is 20.4 Å². The van der Waals surface area contributed by atoms with Crippen LogP contribution in [0.3, 0.4) is 0 Å². The highest BCUT2D eigenvalue weighted by Crippen LogP contribution is 2.40. The van der Waals surface area contributed by atoms with Gasteiger partial charge in [0.25, 0.3) is 11.8 Å². The Morgan fingerprint density at radius 2 is 1.10 bits per heavy atom. The van der Waals surface area contributed by atoms with Crippen molar-refractivity contribution in [1.29, 1.82) is 0 Å². The molecule has 4 fully saturated rings. The number of halogens is 2. The van der Waals surface area contributed by atoms with E-state index >= 15 is 8.78 Å². The van der Waals surface area contributed by atoms with Crippen molar-refractivity contribution < 1.29 is 18.4 Å². The molecular weight excluding hydrogens is 911 g/mol. The van der Waals surface area contributed by atoms with E-state index in [0.717, 1.165) is 49.3 Å². The molecule has 2 aliphatic heterocycles. The molecule has 2 atom stereocenters. The number of hydrogen-bond acceptors (Lipinski definition) is 12. The summed E-state index contributed by atoms with van der Waals surface area (Å²) in [6.45, 7) is 9.03. The number of nitrogens with zero attached hydrogens (tertiary/aromatic N) is 10. The Balaban J connectivity index is 0.778. The highest BCUT2D eigenvalue weighted by atomic mass is 19.1. The van der Waals surface area contributed by atoms with Crippen molar-refractivity contribution in [3.8, 4) is 46.2 Å². The van der Waals surface area contributed by atoms with Gasteiger partial charge < -0.3 is 21.3 Å². The van der Waals surface area contributed by atoms with Gasteiger partial charge in [0.15, 0.2) is 0 Å². The molecule has 4 aliphatic rings. The molecule has 14 nitrogen and oxygen atoms in total. The minimum atomic E-state index is -0.624. The molecule has 2 saturated heterocycles. The number of anilines is 2. The number of nitrogen functional groups attached to an aromatic ring is 2. The number of pyridine rings is 2. The summed E-state index contributed by atoms with van der Waals surface area (Å²) in [5.74, 6) is 12.0. The Morgan fingerprint density at radius 1 is 0.583 bits per heavy atom. The zero-order chi connectivity index (χ0) is 49.9. The summed E-state index contributed by atoms with van der Waals surface area (Å²) in [4.78, 5) is 62.1. The fourth-order valence-electron chi connectivity index (χ4n) is 10.3. The van der Waals surface area contributed by atoms with Gasteiger partial charge >= 0.3 is 0 Å². The van der Waals surface area contributed by atoms with Gasteiger partial charge in [-0.3, -0.25) is 19.4 Å². The first-order valence-electron chi connectivity index (χ1n) is 24.9. The molecule has 6 aromatic rings. The van der Waals surface area contributed by atoms with Crippen molar-refractivity contribution in [1.82, 2.24) is 49.5 Å². The fourth-order valence-corrected chi connectivity index (χ4v) is 10.3. The Labute approximate surface area is 418 Å². The van der Waals surface area contributed by atoms with E-state index in [2.05, 4.69) is 63.4 Å². The average molecular weight is 967 g/mol. The number of benzene rings is 2. The Bertz CT molecular complexity index is 3160. The first-order valence-corrected chi connectivity index (χ1v) is 24.9. The van der Waals surface area contributed by atoms with E-state index < -0.39 is 11.6 Å². The molecule has 2 aromatic carbocycles. The summed E-state index contributed by atoms with van der Waals surface area (Å²) in [5, 5.41) is 0. The molecule has 10 rings (SSSR count). The number of carbonyl (C=O) groups is 2. The van der Waals surface area contributed by atoms with Crippen LogP contribution in [0.15, 0.2) is 79.6 Å². The summed E-state index contributed by atoms with van der Waals surface area (Å²) in [6.07, 6.45) is 12.5. The fraction of sp³-hybridized carbons (Fsp3) is 0.357. The van der Waals surface area contributed by atoms with Crippen LogP contribution in [0.1, 0.15) is 112 Å². The maximum absolute atomic E-state index is 15.9. The number of aryl methyl sites for hydroxylation is 2. The molecule has 2 unspecified atom stereocenters. The van der Waals surface area contributed by atoms with Crippen LogP contribution >= 0.6 is 0 Å². The molecule has 0 bridgehead atoms. The van der Waals surface area contributed by atoms with Gasteiger partial charge in [0.1, 0.15) is 35.9 Å². The van der Waals surface area contributed by atoms with E-state index in [4.69, 9.17) is 11.5 Å². The van der Waals surface area contributed by atoms with Gasteiger partial charge in [-0.1, -0.05) is 49.7 Å². The van der Waals surface area contributed by atoms with E-state index in [-0.39, 0.29) is 34.9 Å². The standard InChI is InChI=1S/C56H56F2N12O2/c1-3-49-44(14-5-35-7-18-51(59)61-31-35)52(65-33-63-49)38-9-16-43(47(57)29-38)56(72)70-25-21-68(22-26-70)41-11-8-37(28-41)46-27-36(32-62-54(46)60)6-15-45-50(4-2)64-34-66-53(45)39-10-17-42(48(58)30-39)55(71)69-23-19-67(20-24-69)40-12-13-40/h7,9-10,16-18,27,29-34,37,40-41H,3-4,8,11-13,19-26,28H2,1-2H3,(H2,59,61)(H2,60,62). The van der Waals surface area contributed by atoms with Crippen LogP contribution in [0, 0.1) is 35.3 Å². The predicted molar refractivity (Wildman–Crippen MR) is 271 cm³/mol. The molecule has 0 spiro atoms. The lowest BCUT2D eigenvalue weighted by Gasteiger charge is -2.38. The molecular formula is C56H56F2N12O2. The largest absolute Gasteiger partial charge is 0.384 e. The molecule has 16 heteroatoms. The normalized spacial score (nSPS) is 18.3. The molecule has 2 amide bonds. The molecule has 72 heavy (non-hydrogen) atoms. The van der Waals surface area contributed by atoms with Gasteiger partial charge in [0, 0.05) is 99.1 Å². The van der Waals surface area contributed by atoms with Gasteiger partial charge in [-0.05, 0) is 98.9 Å². The average Bonchev–Trinajstić information content (AvgIpc) is 4.15. The number of piperazine rings is 2. The third-order valence-electron chi connectivity index (χ3n) is 14.5. The SMILES string of the molecule is CCc1ncnc(-c2ccc(C(=O)N3CCN(C4CC4)CC3)c(F)c2)c1C#Cc1cnc(N)c(C2CCC(N3CCN(C(=O)c4ccc(-c5ncnc(CC)c5C#Cc5ccc(N)nc5)cc4F)CC3)C2)c1. The minimum absolute atomic E-state index is 0.00958. The first kappa shape index (κ1) is 48.0. The quantitative estimate of drug-likeness (QED) is 0.146. The molecule has 4 aromatic heterocycles. The third-order valence-corrected chi connectivity index (χ3v) is 14.5. The smallest absolute Gasteiger partial charge is 0.256 e. The number of amides is 2. The lowest BCUT2D eigenvalue weighted by Crippen LogP contribution is -2.51. The summed E-state index contributed by atoms with van der Waals surface area (Å²) >= 11 is 0. The number of carbonyl (C=O) groups excluding carboxylic acids is 2. The van der Waals surface area contributed by atoms with Crippen molar-refractivity contribution in [2.75, 3.05) is 63.8 Å². The van der Waals surface area contributed by atoms with Gasteiger partial charge in [0.05, 0.1) is 45.0 Å². The maximum Gasteiger partial charge on any atom is 0.256 e. The first-order chi connectivity index (χ1) is 35.0. The zero-order valence-electron chi connectivity index (χ0n) is 40.5.